The number of benzene rings is 2. The van der Waals surface area contributed by atoms with E-state index in [0.717, 1.165) is 10.1 Å². The van der Waals surface area contributed by atoms with Gasteiger partial charge in [0.15, 0.2) is 0 Å². The van der Waals surface area contributed by atoms with Gasteiger partial charge in [-0.1, -0.05) is 29.8 Å². The van der Waals surface area contributed by atoms with Crippen molar-refractivity contribution in [3.8, 4) is 5.69 Å². The van der Waals surface area contributed by atoms with Crippen LogP contribution in [-0.2, 0) is 6.54 Å². The predicted octanol–water partition coefficient (Wildman–Crippen LogP) is 3.48. The Morgan fingerprint density at radius 2 is 1.82 bits per heavy atom. The van der Waals surface area contributed by atoms with Crippen LogP contribution in [0.1, 0.15) is 11.1 Å². The number of nitro groups is 1. The molecule has 28 heavy (non-hydrogen) atoms. The van der Waals surface area contributed by atoms with E-state index >= 15 is 0 Å². The highest BCUT2D eigenvalue weighted by Crippen LogP contribution is 2.19. The van der Waals surface area contributed by atoms with Crippen molar-refractivity contribution < 1.29 is 4.92 Å². The lowest BCUT2D eigenvalue weighted by Crippen LogP contribution is -2.38. The van der Waals surface area contributed by atoms with Crippen LogP contribution >= 0.6 is 11.3 Å². The SMILES string of the molecule is Cc1ccc(-n2c(=O)c3sccc3n(Cc3cccc([N+](=O)[O-])c3)c2=O)cc1. The second-order valence-corrected chi connectivity index (χ2v) is 7.32. The number of rotatable bonds is 4. The van der Waals surface area contributed by atoms with E-state index in [9.17, 15) is 19.7 Å². The van der Waals surface area contributed by atoms with Crippen molar-refractivity contribution in [2.75, 3.05) is 0 Å². The standard InChI is InChI=1S/C20H15N3O4S/c1-13-5-7-15(8-6-13)22-19(24)18-17(9-10-28-18)21(20(22)25)12-14-3-2-4-16(11-14)23(26)27/h2-11H,12H2,1H3. The molecular weight excluding hydrogens is 378 g/mol. The van der Waals surface area contributed by atoms with Gasteiger partial charge in [0.2, 0.25) is 0 Å². The molecule has 0 aliphatic rings. The molecule has 0 radical (unpaired) electrons. The predicted molar refractivity (Wildman–Crippen MR) is 109 cm³/mol. The summed E-state index contributed by atoms with van der Waals surface area (Å²) in [5.74, 6) is 0. The van der Waals surface area contributed by atoms with E-state index in [1.165, 1.54) is 28.0 Å². The molecule has 8 heteroatoms. The van der Waals surface area contributed by atoms with Gasteiger partial charge in [-0.2, -0.15) is 0 Å². The molecule has 0 aliphatic carbocycles. The monoisotopic (exact) mass is 393 g/mol. The van der Waals surface area contributed by atoms with Crippen molar-refractivity contribution in [1.29, 1.82) is 0 Å². The third kappa shape index (κ3) is 3.03. The second-order valence-electron chi connectivity index (χ2n) is 6.41. The fourth-order valence-corrected chi connectivity index (χ4v) is 3.94. The topological polar surface area (TPSA) is 87.1 Å². The molecule has 140 valence electrons. The minimum Gasteiger partial charge on any atom is -0.288 e. The zero-order valence-corrected chi connectivity index (χ0v) is 15.7. The van der Waals surface area contributed by atoms with Crippen LogP contribution in [0.3, 0.4) is 0 Å². The summed E-state index contributed by atoms with van der Waals surface area (Å²) in [6, 6.07) is 15.0. The fourth-order valence-electron chi connectivity index (χ4n) is 3.11. The number of nitrogens with zero attached hydrogens (tertiary/aromatic N) is 3. The van der Waals surface area contributed by atoms with Crippen LogP contribution in [0.15, 0.2) is 69.6 Å². The molecular formula is C20H15N3O4S. The van der Waals surface area contributed by atoms with Crippen molar-refractivity contribution in [2.45, 2.75) is 13.5 Å². The quantitative estimate of drug-likeness (QED) is 0.392. The smallest absolute Gasteiger partial charge is 0.288 e. The minimum atomic E-state index is -0.480. The van der Waals surface area contributed by atoms with Gasteiger partial charge in [-0.05, 0) is 36.1 Å². The van der Waals surface area contributed by atoms with Crippen LogP contribution < -0.4 is 11.2 Å². The molecule has 7 nitrogen and oxygen atoms in total. The number of aromatic nitrogens is 2. The maximum Gasteiger partial charge on any atom is 0.336 e. The Morgan fingerprint density at radius 3 is 2.54 bits per heavy atom. The van der Waals surface area contributed by atoms with E-state index in [1.807, 2.05) is 19.1 Å². The average Bonchev–Trinajstić information content (AvgIpc) is 3.17. The van der Waals surface area contributed by atoms with Crippen molar-refractivity contribution in [2.24, 2.45) is 0 Å². The van der Waals surface area contributed by atoms with Gasteiger partial charge in [-0.3, -0.25) is 19.5 Å². The highest BCUT2D eigenvalue weighted by molar-refractivity contribution is 7.17. The Kier molecular flexibility index (Phi) is 4.40. The molecule has 4 rings (SSSR count). The van der Waals surface area contributed by atoms with E-state index < -0.39 is 10.6 Å². The van der Waals surface area contributed by atoms with Gasteiger partial charge < -0.3 is 0 Å². The highest BCUT2D eigenvalue weighted by atomic mass is 32.1. The summed E-state index contributed by atoms with van der Waals surface area (Å²) in [6.07, 6.45) is 0. The van der Waals surface area contributed by atoms with Crippen LogP contribution in [0.2, 0.25) is 0 Å². The van der Waals surface area contributed by atoms with E-state index in [0.29, 0.717) is 21.5 Å². The molecule has 2 aromatic heterocycles. The fraction of sp³-hybridized carbons (Fsp3) is 0.100. The Hall–Kier alpha value is -3.52. The molecule has 0 spiro atoms. The first kappa shape index (κ1) is 17.9. The molecule has 0 unspecified atom stereocenters. The van der Waals surface area contributed by atoms with Gasteiger partial charge >= 0.3 is 5.69 Å². The molecule has 0 amide bonds. The van der Waals surface area contributed by atoms with Crippen LogP contribution in [0.25, 0.3) is 15.9 Å². The van der Waals surface area contributed by atoms with Crippen LogP contribution in [0.5, 0.6) is 0 Å². The maximum atomic E-state index is 13.2. The second kappa shape index (κ2) is 6.90. The molecule has 0 atom stereocenters. The van der Waals surface area contributed by atoms with Crippen molar-refractivity contribution >= 4 is 27.2 Å². The van der Waals surface area contributed by atoms with Crippen molar-refractivity contribution in [3.63, 3.8) is 0 Å². The van der Waals surface area contributed by atoms with E-state index in [2.05, 4.69) is 0 Å². The zero-order chi connectivity index (χ0) is 19.8. The van der Waals surface area contributed by atoms with Gasteiger partial charge in [-0.15, -0.1) is 11.3 Å². The summed E-state index contributed by atoms with van der Waals surface area (Å²) in [4.78, 5) is 36.7. The third-order valence-corrected chi connectivity index (χ3v) is 5.40. The third-order valence-electron chi connectivity index (χ3n) is 4.51. The zero-order valence-electron chi connectivity index (χ0n) is 14.9. The number of hydrogen-bond donors (Lipinski definition) is 0. The Morgan fingerprint density at radius 1 is 1.07 bits per heavy atom. The Bertz CT molecular complexity index is 1320. The summed E-state index contributed by atoms with van der Waals surface area (Å²) in [5.41, 5.74) is 1.75. The number of hydrogen-bond acceptors (Lipinski definition) is 5. The molecule has 0 saturated heterocycles. The molecule has 0 saturated carbocycles. The summed E-state index contributed by atoms with van der Waals surface area (Å²) >= 11 is 1.27. The largest absolute Gasteiger partial charge is 0.336 e. The molecule has 0 aliphatic heterocycles. The lowest BCUT2D eigenvalue weighted by atomic mass is 10.2. The van der Waals surface area contributed by atoms with Gasteiger partial charge in [0, 0.05) is 12.1 Å². The van der Waals surface area contributed by atoms with E-state index in [1.54, 1.807) is 35.7 Å². The lowest BCUT2D eigenvalue weighted by Gasteiger charge is -2.12. The summed E-state index contributed by atoms with van der Waals surface area (Å²) < 4.78 is 3.09. The van der Waals surface area contributed by atoms with Gasteiger partial charge in [-0.25, -0.2) is 9.36 Å². The van der Waals surface area contributed by atoms with Crippen LogP contribution in [-0.4, -0.2) is 14.1 Å². The first-order chi connectivity index (χ1) is 13.5. The number of fused-ring (bicyclic) bond motifs is 1. The van der Waals surface area contributed by atoms with E-state index in [-0.39, 0.29) is 17.8 Å². The first-order valence-corrected chi connectivity index (χ1v) is 9.37. The maximum absolute atomic E-state index is 13.2. The number of thiophene rings is 1. The van der Waals surface area contributed by atoms with Crippen molar-refractivity contribution in [3.05, 3.63) is 102 Å². The molecule has 2 heterocycles. The highest BCUT2D eigenvalue weighted by Gasteiger charge is 2.16. The number of nitro benzene ring substituents is 1. The molecule has 0 N–H and O–H groups in total. The van der Waals surface area contributed by atoms with Gasteiger partial charge in [0.05, 0.1) is 22.7 Å². The summed E-state index contributed by atoms with van der Waals surface area (Å²) in [6.45, 7) is 2.05. The summed E-state index contributed by atoms with van der Waals surface area (Å²) in [7, 11) is 0. The molecule has 4 aromatic rings. The van der Waals surface area contributed by atoms with Crippen molar-refractivity contribution in [1.82, 2.24) is 9.13 Å². The van der Waals surface area contributed by atoms with E-state index in [4.69, 9.17) is 0 Å². The number of non-ortho nitro benzene ring substituents is 1. The normalized spacial score (nSPS) is 11.0. The minimum absolute atomic E-state index is 0.0426. The first-order valence-electron chi connectivity index (χ1n) is 8.49. The van der Waals surface area contributed by atoms with Gasteiger partial charge in [0.25, 0.3) is 11.2 Å². The number of aryl methyl sites for hydroxylation is 1. The Balaban J connectivity index is 1.94. The molecule has 0 fully saturated rings. The lowest BCUT2D eigenvalue weighted by molar-refractivity contribution is -0.384. The van der Waals surface area contributed by atoms with Crippen LogP contribution in [0, 0.1) is 17.0 Å². The van der Waals surface area contributed by atoms with Gasteiger partial charge in [0.1, 0.15) is 4.70 Å². The Labute approximate surface area is 162 Å². The van der Waals surface area contributed by atoms with Crippen LogP contribution in [0.4, 0.5) is 5.69 Å². The molecule has 0 bridgehead atoms. The summed E-state index contributed by atoms with van der Waals surface area (Å²) in [5, 5.41) is 12.8. The molecule has 2 aromatic carbocycles. The average molecular weight is 393 g/mol.